The quantitative estimate of drug-likeness (QED) is 0.602. The third-order valence-electron chi connectivity index (χ3n) is 8.52. The molecule has 3 aromatic carbocycles. The van der Waals surface area contributed by atoms with Crippen LogP contribution in [0.25, 0.3) is 0 Å². The molecule has 2 saturated heterocycles. The van der Waals surface area contributed by atoms with Crippen LogP contribution in [0.5, 0.6) is 11.5 Å². The van der Waals surface area contributed by atoms with Crippen molar-refractivity contribution in [1.29, 1.82) is 0 Å². The molecule has 3 aromatic rings. The minimum atomic E-state index is -1.23. The van der Waals surface area contributed by atoms with Gasteiger partial charge in [0.2, 0.25) is 0 Å². The monoisotopic (exact) mass is 482 g/mol. The molecule has 7 nitrogen and oxygen atoms in total. The Morgan fingerprint density at radius 3 is 2.61 bits per heavy atom. The fourth-order valence-corrected chi connectivity index (χ4v) is 7.19. The van der Waals surface area contributed by atoms with Gasteiger partial charge in [-0.3, -0.25) is 14.5 Å². The first-order valence-electron chi connectivity index (χ1n) is 12.3. The van der Waals surface area contributed by atoms with Gasteiger partial charge in [0, 0.05) is 29.8 Å². The molecule has 4 atom stereocenters. The van der Waals surface area contributed by atoms with Gasteiger partial charge in [-0.2, -0.15) is 0 Å². The van der Waals surface area contributed by atoms with Gasteiger partial charge in [0.1, 0.15) is 29.1 Å². The number of carbonyl (C=O) groups is 2. The summed E-state index contributed by atoms with van der Waals surface area (Å²) in [5.41, 5.74) is 0.614. The van der Waals surface area contributed by atoms with Crippen molar-refractivity contribution in [3.8, 4) is 11.5 Å². The van der Waals surface area contributed by atoms with E-state index in [9.17, 15) is 9.59 Å². The van der Waals surface area contributed by atoms with E-state index < -0.39 is 11.0 Å². The van der Waals surface area contributed by atoms with E-state index >= 15 is 0 Å². The zero-order chi connectivity index (χ0) is 24.5. The number of nitrogens with zero attached hydrogens (tertiary/aromatic N) is 1. The number of hydrogen-bond donors (Lipinski definition) is 1. The molecule has 0 bridgehead atoms. The number of fused-ring (bicyclic) bond motifs is 6. The molecule has 0 aromatic heterocycles. The largest absolute Gasteiger partial charge is 0.497 e. The standard InChI is InChI=1S/C29H26N2O5/c1-34-19-12-10-18(11-13-19)25-23-16-35-15-14-31(23)29(21-7-3-4-8-22(21)30-27(29)33)28(25)17-36-24-9-5-2-6-20(24)26(28)32/h2-13,23,25H,14-17H2,1H3,(H,30,33). The maximum atomic E-state index is 14.9. The molecular weight excluding hydrogens is 456 g/mol. The van der Waals surface area contributed by atoms with Crippen molar-refractivity contribution in [2.75, 3.05) is 38.8 Å². The molecule has 0 radical (unpaired) electrons. The van der Waals surface area contributed by atoms with Gasteiger partial charge in [-0.1, -0.05) is 42.5 Å². The lowest BCUT2D eigenvalue weighted by molar-refractivity contribution is -0.137. The zero-order valence-electron chi connectivity index (χ0n) is 19.9. The van der Waals surface area contributed by atoms with Crippen LogP contribution in [-0.2, 0) is 15.1 Å². The number of para-hydroxylation sites is 2. The number of anilines is 1. The molecule has 2 fully saturated rings. The fourth-order valence-electron chi connectivity index (χ4n) is 7.19. The van der Waals surface area contributed by atoms with Crippen LogP contribution in [0.3, 0.4) is 0 Å². The minimum absolute atomic E-state index is 0.0635. The van der Waals surface area contributed by atoms with Gasteiger partial charge in [-0.25, -0.2) is 0 Å². The Morgan fingerprint density at radius 2 is 1.78 bits per heavy atom. The van der Waals surface area contributed by atoms with Crippen LogP contribution < -0.4 is 14.8 Å². The van der Waals surface area contributed by atoms with Gasteiger partial charge in [0.25, 0.3) is 5.91 Å². The molecule has 4 unspecified atom stereocenters. The number of amides is 1. The second kappa shape index (κ2) is 7.66. The highest BCUT2D eigenvalue weighted by molar-refractivity contribution is 6.15. The lowest BCUT2D eigenvalue weighted by atomic mass is 9.56. The summed E-state index contributed by atoms with van der Waals surface area (Å²) in [6, 6.07) is 22.7. The Kier molecular flexibility index (Phi) is 4.59. The predicted octanol–water partition coefficient (Wildman–Crippen LogP) is 3.60. The summed E-state index contributed by atoms with van der Waals surface area (Å²) in [5.74, 6) is 0.707. The van der Waals surface area contributed by atoms with Crippen molar-refractivity contribution >= 4 is 17.4 Å². The van der Waals surface area contributed by atoms with Crippen LogP contribution in [0.15, 0.2) is 72.8 Å². The average Bonchev–Trinajstić information content (AvgIpc) is 3.37. The summed E-state index contributed by atoms with van der Waals surface area (Å²) >= 11 is 0. The van der Waals surface area contributed by atoms with E-state index in [2.05, 4.69) is 10.2 Å². The van der Waals surface area contributed by atoms with Gasteiger partial charge in [0.15, 0.2) is 5.78 Å². The molecule has 7 rings (SSSR count). The van der Waals surface area contributed by atoms with E-state index in [-0.39, 0.29) is 30.3 Å². The molecule has 0 aliphatic carbocycles. The molecule has 4 heterocycles. The van der Waals surface area contributed by atoms with Crippen molar-refractivity contribution in [1.82, 2.24) is 4.90 Å². The lowest BCUT2D eigenvalue weighted by Gasteiger charge is -2.48. The first kappa shape index (κ1) is 21.6. The van der Waals surface area contributed by atoms with E-state index in [1.807, 2.05) is 72.8 Å². The number of methoxy groups -OCH3 is 1. The van der Waals surface area contributed by atoms with Crippen LogP contribution >= 0.6 is 0 Å². The Morgan fingerprint density at radius 1 is 1.00 bits per heavy atom. The summed E-state index contributed by atoms with van der Waals surface area (Å²) in [6.45, 7) is 1.54. The molecular formula is C29H26N2O5. The Labute approximate surface area is 209 Å². The van der Waals surface area contributed by atoms with E-state index in [1.165, 1.54) is 0 Å². The molecule has 2 spiro atoms. The van der Waals surface area contributed by atoms with Gasteiger partial charge < -0.3 is 19.5 Å². The van der Waals surface area contributed by atoms with Crippen LogP contribution in [0.2, 0.25) is 0 Å². The number of Topliss-reactive ketones (excluding diaryl/α,β-unsaturated/α-hetero) is 1. The Bertz CT molecular complexity index is 1390. The third-order valence-corrected chi connectivity index (χ3v) is 8.52. The smallest absolute Gasteiger partial charge is 0.250 e. The molecule has 4 aliphatic heterocycles. The summed E-state index contributed by atoms with van der Waals surface area (Å²) in [7, 11) is 1.63. The van der Waals surface area contributed by atoms with Crippen molar-refractivity contribution in [3.05, 3.63) is 89.5 Å². The number of nitrogens with one attached hydrogen (secondary N) is 1. The molecule has 36 heavy (non-hydrogen) atoms. The first-order valence-corrected chi connectivity index (χ1v) is 12.3. The van der Waals surface area contributed by atoms with Gasteiger partial charge in [0.05, 0.1) is 25.9 Å². The number of hydrogen-bond acceptors (Lipinski definition) is 6. The van der Waals surface area contributed by atoms with Crippen molar-refractivity contribution in [3.63, 3.8) is 0 Å². The van der Waals surface area contributed by atoms with Gasteiger partial charge >= 0.3 is 0 Å². The summed E-state index contributed by atoms with van der Waals surface area (Å²) < 4.78 is 17.8. The second-order valence-corrected chi connectivity index (χ2v) is 9.88. The highest BCUT2D eigenvalue weighted by atomic mass is 16.5. The van der Waals surface area contributed by atoms with E-state index in [0.717, 1.165) is 22.6 Å². The van der Waals surface area contributed by atoms with Crippen LogP contribution in [0.4, 0.5) is 5.69 Å². The topological polar surface area (TPSA) is 77.1 Å². The maximum absolute atomic E-state index is 14.9. The molecule has 182 valence electrons. The Hall–Kier alpha value is -3.68. The number of morpholine rings is 1. The zero-order valence-corrected chi connectivity index (χ0v) is 19.9. The number of ketones is 1. The number of ether oxygens (including phenoxy) is 3. The first-order chi connectivity index (χ1) is 17.6. The van der Waals surface area contributed by atoms with Gasteiger partial charge in [-0.15, -0.1) is 0 Å². The molecule has 4 aliphatic rings. The Balaban J connectivity index is 1.56. The molecule has 1 amide bonds. The van der Waals surface area contributed by atoms with Crippen LogP contribution in [0, 0.1) is 5.41 Å². The molecule has 1 N–H and O–H groups in total. The summed E-state index contributed by atoms with van der Waals surface area (Å²) in [4.78, 5) is 31.4. The van der Waals surface area contributed by atoms with Crippen molar-refractivity contribution < 1.29 is 23.8 Å². The van der Waals surface area contributed by atoms with Crippen LogP contribution in [-0.4, -0.2) is 56.1 Å². The highest BCUT2D eigenvalue weighted by Crippen LogP contribution is 2.67. The summed E-state index contributed by atoms with van der Waals surface area (Å²) in [6.07, 6.45) is 0. The lowest BCUT2D eigenvalue weighted by Crippen LogP contribution is -2.64. The summed E-state index contributed by atoms with van der Waals surface area (Å²) in [5, 5.41) is 3.12. The minimum Gasteiger partial charge on any atom is -0.497 e. The molecule has 7 heteroatoms. The average molecular weight is 483 g/mol. The van der Waals surface area contributed by atoms with Crippen molar-refractivity contribution in [2.24, 2.45) is 5.41 Å². The van der Waals surface area contributed by atoms with E-state index in [1.54, 1.807) is 7.11 Å². The normalized spacial score (nSPS) is 30.5. The van der Waals surface area contributed by atoms with E-state index in [0.29, 0.717) is 31.1 Å². The van der Waals surface area contributed by atoms with Gasteiger partial charge in [-0.05, 0) is 35.9 Å². The number of rotatable bonds is 2. The third kappa shape index (κ3) is 2.49. The molecule has 0 saturated carbocycles. The number of carbonyl (C=O) groups excluding carboxylic acids is 2. The second-order valence-electron chi connectivity index (χ2n) is 9.88. The SMILES string of the molecule is COc1ccc(C2C3COCCN3C3(C(=O)Nc4ccccc43)C23COc2ccccc2C3=O)cc1. The predicted molar refractivity (Wildman–Crippen MR) is 132 cm³/mol. The van der Waals surface area contributed by atoms with Crippen molar-refractivity contribution in [2.45, 2.75) is 17.5 Å². The highest BCUT2D eigenvalue weighted by Gasteiger charge is 2.78. The van der Waals surface area contributed by atoms with Crippen LogP contribution in [0.1, 0.15) is 27.4 Å². The fraction of sp³-hybridized carbons (Fsp3) is 0.310. The number of benzene rings is 3. The van der Waals surface area contributed by atoms with E-state index in [4.69, 9.17) is 14.2 Å². The maximum Gasteiger partial charge on any atom is 0.250 e.